The minimum atomic E-state index is -2.48. The lowest BCUT2D eigenvalue weighted by atomic mass is 9.96. The van der Waals surface area contributed by atoms with E-state index < -0.39 is 52.9 Å². The molecule has 2 fully saturated rings. The first-order valence-corrected chi connectivity index (χ1v) is 8.61. The van der Waals surface area contributed by atoms with E-state index >= 15 is 4.39 Å². The highest BCUT2D eigenvalue weighted by molar-refractivity contribution is 6.18. The highest BCUT2D eigenvalue weighted by Gasteiger charge is 2.98. The van der Waals surface area contributed by atoms with Gasteiger partial charge in [-0.3, -0.25) is 15.5 Å². The van der Waals surface area contributed by atoms with Crippen LogP contribution < -0.4 is 11.1 Å². The topological polar surface area (TPSA) is 135 Å². The largest absolute Gasteiger partial charge is 0.447 e. The number of urea groups is 1. The number of carbonyl (C=O) groups excluding carboxylic acids is 2. The number of hydrogen-bond acceptors (Lipinski definition) is 7. The summed E-state index contributed by atoms with van der Waals surface area (Å²) in [5.41, 5.74) is 4.07. The Bertz CT molecular complexity index is 700. The number of rotatable bonds is 5. The van der Waals surface area contributed by atoms with Crippen LogP contribution in [-0.4, -0.2) is 69.7 Å². The number of nitrogens with one attached hydrogen (secondary N) is 2. The Hall–Kier alpha value is -1.59. The van der Waals surface area contributed by atoms with E-state index in [4.69, 9.17) is 32.2 Å². The molecule has 3 aliphatic heterocycles. The normalized spacial score (nSPS) is 42.0. The highest BCUT2D eigenvalue weighted by Crippen LogP contribution is 2.65. The predicted molar refractivity (Wildman–Crippen MR) is 87.6 cm³/mol. The van der Waals surface area contributed by atoms with Crippen molar-refractivity contribution in [1.82, 2.24) is 5.32 Å². The van der Waals surface area contributed by atoms with Gasteiger partial charge in [0.15, 0.2) is 5.60 Å². The molecular weight excluding hydrogens is 371 g/mol. The third-order valence-electron chi connectivity index (χ3n) is 5.18. The number of amides is 2. The Labute approximate surface area is 153 Å². The molecule has 3 heterocycles. The minimum Gasteiger partial charge on any atom is -0.447 e. The van der Waals surface area contributed by atoms with E-state index in [2.05, 4.69) is 5.32 Å². The van der Waals surface area contributed by atoms with Gasteiger partial charge >= 0.3 is 24.0 Å². The molecule has 0 bridgehead atoms. The van der Waals surface area contributed by atoms with Crippen LogP contribution in [0.3, 0.4) is 0 Å². The van der Waals surface area contributed by atoms with Crippen molar-refractivity contribution in [2.24, 2.45) is 11.7 Å². The maximum atomic E-state index is 15.9. The molecule has 2 saturated heterocycles. The second kappa shape index (κ2) is 5.96. The molecule has 11 heteroatoms. The molecule has 0 radical (unpaired) electrons. The van der Waals surface area contributed by atoms with E-state index in [0.717, 1.165) is 0 Å². The molecule has 0 aromatic heterocycles. The van der Waals surface area contributed by atoms with Gasteiger partial charge in [0.1, 0.15) is 18.1 Å². The predicted octanol–water partition coefficient (Wildman–Crippen LogP) is -0.0819. The van der Waals surface area contributed by atoms with E-state index in [1.54, 1.807) is 13.8 Å². The first-order valence-electron chi connectivity index (χ1n) is 8.08. The molecule has 26 heavy (non-hydrogen) atoms. The Morgan fingerprint density at radius 3 is 2.81 bits per heavy atom. The summed E-state index contributed by atoms with van der Waals surface area (Å²) >= 11 is 5.89. The summed E-state index contributed by atoms with van der Waals surface area (Å²) in [6.07, 6.45) is -0.622. The lowest BCUT2D eigenvalue weighted by Gasteiger charge is -2.36. The number of alkyl halides is 2. The van der Waals surface area contributed by atoms with Crippen molar-refractivity contribution in [3.05, 3.63) is 12.3 Å². The van der Waals surface area contributed by atoms with Crippen LogP contribution in [0.5, 0.6) is 0 Å². The van der Waals surface area contributed by atoms with Crippen molar-refractivity contribution in [3.8, 4) is 0 Å². The number of aliphatic hydroxyl groups excluding tert-OH is 1. The molecule has 144 valence electrons. The summed E-state index contributed by atoms with van der Waals surface area (Å²) in [6.45, 7) is 2.68. The first-order chi connectivity index (χ1) is 12.1. The first kappa shape index (κ1) is 19.2. The molecule has 2 unspecified atom stereocenters. The van der Waals surface area contributed by atoms with Crippen LogP contribution in [0.1, 0.15) is 13.8 Å². The zero-order valence-corrected chi connectivity index (χ0v) is 15.0. The summed E-state index contributed by atoms with van der Waals surface area (Å²) in [5.74, 6) is -4.19. The fourth-order valence-electron chi connectivity index (χ4n) is 3.42. The summed E-state index contributed by atoms with van der Waals surface area (Å²) in [5, 5.41) is 19.4. The van der Waals surface area contributed by atoms with E-state index in [0.29, 0.717) is 0 Å². The molecule has 0 aliphatic carbocycles. The smallest absolute Gasteiger partial charge is 0.432 e. The number of nitrogens with two attached hydrogens (primary N) is 1. The number of quaternary nitrogens is 1. The van der Waals surface area contributed by atoms with Gasteiger partial charge < -0.3 is 20.3 Å². The number of amidine groups is 1. The van der Waals surface area contributed by atoms with Crippen LogP contribution in [0.2, 0.25) is 0 Å². The third-order valence-corrected chi connectivity index (χ3v) is 5.63. The average Bonchev–Trinajstić information content (AvgIpc) is 2.99. The molecule has 0 aromatic carbocycles. The lowest BCUT2D eigenvalue weighted by Crippen LogP contribution is -2.62. The molecule has 3 aliphatic rings. The quantitative estimate of drug-likeness (QED) is 0.170. The summed E-state index contributed by atoms with van der Waals surface area (Å²) in [6, 6.07) is -1.85. The van der Waals surface area contributed by atoms with Crippen molar-refractivity contribution in [1.29, 1.82) is 5.41 Å². The number of esters is 1. The van der Waals surface area contributed by atoms with Gasteiger partial charge in [-0.1, -0.05) is 13.8 Å². The van der Waals surface area contributed by atoms with Crippen molar-refractivity contribution in [3.63, 3.8) is 0 Å². The Morgan fingerprint density at radius 2 is 2.31 bits per heavy atom. The molecule has 1 spiro atoms. The minimum absolute atomic E-state index is 0.200. The van der Waals surface area contributed by atoms with Crippen molar-refractivity contribution in [2.45, 2.75) is 43.6 Å². The molecule has 3 rings (SSSR count). The zero-order valence-electron chi connectivity index (χ0n) is 14.2. The van der Waals surface area contributed by atoms with Crippen LogP contribution in [-0.2, 0) is 14.3 Å². The van der Waals surface area contributed by atoms with Crippen LogP contribution in [0, 0.1) is 11.3 Å². The molecule has 0 aromatic rings. The SMILES string of the molecule is CC(C)C(N)C(=O)O[C@@H]1[C@](CO)(CCl)O[C@@H]2[C@@]1(F)[N+]21C=CC(=N)NC1=O. The molecule has 0 saturated carbocycles. The fraction of sp³-hybridized carbons (Fsp3) is 0.667. The molecule has 5 N–H and O–H groups in total. The van der Waals surface area contributed by atoms with Crippen molar-refractivity contribution >= 4 is 29.4 Å². The zero-order chi connectivity index (χ0) is 19.5. The van der Waals surface area contributed by atoms with Gasteiger partial charge in [0, 0.05) is 6.08 Å². The van der Waals surface area contributed by atoms with E-state index in [1.165, 1.54) is 12.3 Å². The average molecular weight is 392 g/mol. The maximum absolute atomic E-state index is 15.9. The number of nitrogens with zero attached hydrogens (tertiary/aromatic N) is 1. The second-order valence-electron chi connectivity index (χ2n) is 7.08. The highest BCUT2D eigenvalue weighted by atomic mass is 35.5. The van der Waals surface area contributed by atoms with Gasteiger partial charge in [0.05, 0.1) is 12.5 Å². The Morgan fingerprint density at radius 1 is 1.65 bits per heavy atom. The van der Waals surface area contributed by atoms with Gasteiger partial charge in [-0.05, 0) is 5.92 Å². The van der Waals surface area contributed by atoms with Crippen LogP contribution >= 0.6 is 11.6 Å². The molecule has 6 atom stereocenters. The number of halogens is 2. The standard InChI is InChI=1S/C15H20ClFN4O5/c1-7(2)9(19)10(23)25-11-14(5-16,6-22)26-12-15(11,17)21(12)4-3-8(18)20-13(21)24/h3-4,7,9,11-12,22H,5-6,19H2,1-2H3,(H-,18,20,24)/p+1/t9?,11-,12-,14-,15+,21?/m1/s1. The number of ether oxygens (including phenoxy) is 2. The van der Waals surface area contributed by atoms with Crippen LogP contribution in [0.4, 0.5) is 9.18 Å². The molecular formula is C15H21ClFN4O5+. The van der Waals surface area contributed by atoms with Gasteiger partial charge in [-0.15, -0.1) is 16.1 Å². The maximum Gasteiger partial charge on any atom is 0.432 e. The van der Waals surface area contributed by atoms with Gasteiger partial charge in [0.2, 0.25) is 6.10 Å². The van der Waals surface area contributed by atoms with Gasteiger partial charge in [0.25, 0.3) is 0 Å². The van der Waals surface area contributed by atoms with Crippen LogP contribution in [0.25, 0.3) is 0 Å². The van der Waals surface area contributed by atoms with Gasteiger partial charge in [-0.25, -0.2) is 4.79 Å². The number of aliphatic hydroxyl groups is 1. The van der Waals surface area contributed by atoms with E-state index in [9.17, 15) is 14.7 Å². The van der Waals surface area contributed by atoms with Crippen molar-refractivity contribution in [2.75, 3.05) is 12.5 Å². The number of fused-ring (bicyclic) bond motifs is 3. The molecule has 9 nitrogen and oxygen atoms in total. The Kier molecular flexibility index (Phi) is 4.40. The van der Waals surface area contributed by atoms with E-state index in [-0.39, 0.29) is 17.6 Å². The van der Waals surface area contributed by atoms with Crippen LogP contribution in [0.15, 0.2) is 12.3 Å². The molecule has 2 amide bonds. The fourth-order valence-corrected chi connectivity index (χ4v) is 3.71. The Balaban J connectivity index is 1.98. The summed E-state index contributed by atoms with van der Waals surface area (Å²) in [7, 11) is 0. The number of hydrogen-bond donors (Lipinski definition) is 4. The summed E-state index contributed by atoms with van der Waals surface area (Å²) < 4.78 is 25.9. The second-order valence-corrected chi connectivity index (χ2v) is 7.35. The lowest BCUT2D eigenvalue weighted by molar-refractivity contribution is -0.747. The van der Waals surface area contributed by atoms with Gasteiger partial charge in [-0.2, -0.15) is 4.39 Å². The summed E-state index contributed by atoms with van der Waals surface area (Å²) in [4.78, 5) is 24.7. The third kappa shape index (κ3) is 2.20. The monoisotopic (exact) mass is 391 g/mol. The van der Waals surface area contributed by atoms with Crippen molar-refractivity contribution < 1.29 is 33.0 Å². The number of carbonyl (C=O) groups is 2. The van der Waals surface area contributed by atoms with E-state index in [1.807, 2.05) is 0 Å².